The first kappa shape index (κ1) is 20.6. The molecular weight excluding hydrogens is 332 g/mol. The summed E-state index contributed by atoms with van der Waals surface area (Å²) < 4.78 is 5.45. The molecule has 1 aromatic carbocycles. The zero-order valence-corrected chi connectivity index (χ0v) is 15.9. The molecule has 1 unspecified atom stereocenters. The number of benzene rings is 1. The lowest BCUT2D eigenvalue weighted by atomic mass is 10.2. The minimum atomic E-state index is 0.233. The van der Waals surface area contributed by atoms with Crippen LogP contribution in [0.3, 0.4) is 0 Å². The number of hydrogen-bond acceptors (Lipinski definition) is 5. The van der Waals surface area contributed by atoms with E-state index in [9.17, 15) is 0 Å². The molecule has 0 spiro atoms. The second-order valence-corrected chi connectivity index (χ2v) is 6.95. The molecule has 4 nitrogen and oxygen atoms in total. The molecule has 0 bridgehead atoms. The molecular formula is C17H29ClN2O2S. The summed E-state index contributed by atoms with van der Waals surface area (Å²) >= 11 is 8.17. The van der Waals surface area contributed by atoms with Crippen molar-refractivity contribution in [2.45, 2.75) is 25.1 Å². The van der Waals surface area contributed by atoms with Crippen LogP contribution in [0.2, 0.25) is 5.02 Å². The van der Waals surface area contributed by atoms with Crippen molar-refractivity contribution < 1.29 is 9.84 Å². The van der Waals surface area contributed by atoms with Crippen molar-refractivity contribution >= 4 is 23.4 Å². The predicted molar refractivity (Wildman–Crippen MR) is 101 cm³/mol. The molecule has 1 aliphatic heterocycles. The van der Waals surface area contributed by atoms with Gasteiger partial charge in [0.05, 0.1) is 18.2 Å². The fourth-order valence-electron chi connectivity index (χ4n) is 2.42. The molecule has 132 valence electrons. The van der Waals surface area contributed by atoms with Gasteiger partial charge in [-0.1, -0.05) is 17.7 Å². The summed E-state index contributed by atoms with van der Waals surface area (Å²) in [7, 11) is 1.80. The molecule has 1 aliphatic rings. The second-order valence-electron chi connectivity index (χ2n) is 5.41. The van der Waals surface area contributed by atoms with E-state index >= 15 is 0 Å². The zero-order valence-electron chi connectivity index (χ0n) is 14.3. The number of aliphatic hydroxyl groups is 1. The minimum absolute atomic E-state index is 0.233. The summed E-state index contributed by atoms with van der Waals surface area (Å²) in [6.45, 7) is 6.92. The normalized spacial score (nSPS) is 17.7. The molecule has 0 aliphatic carbocycles. The van der Waals surface area contributed by atoms with Crippen LogP contribution >= 0.6 is 23.4 Å². The van der Waals surface area contributed by atoms with Crippen LogP contribution in [0.5, 0.6) is 5.75 Å². The Morgan fingerprint density at radius 3 is 2.74 bits per heavy atom. The summed E-state index contributed by atoms with van der Waals surface area (Å²) in [5, 5.41) is 12.3. The number of halogens is 1. The molecule has 1 aromatic rings. The number of thioether (sulfide) groups is 1. The average molecular weight is 361 g/mol. The SMILES string of the molecule is CCOc1ccc(CN2CCC(SC)C2)cc1Cl.CNCCO. The summed E-state index contributed by atoms with van der Waals surface area (Å²) in [4.78, 5) is 2.49. The van der Waals surface area contributed by atoms with E-state index in [-0.39, 0.29) is 6.61 Å². The smallest absolute Gasteiger partial charge is 0.137 e. The van der Waals surface area contributed by atoms with Crippen molar-refractivity contribution in [1.82, 2.24) is 10.2 Å². The van der Waals surface area contributed by atoms with E-state index in [1.807, 2.05) is 30.8 Å². The lowest BCUT2D eigenvalue weighted by Gasteiger charge is -2.16. The number of hydrogen-bond donors (Lipinski definition) is 2. The first-order chi connectivity index (χ1) is 11.1. The van der Waals surface area contributed by atoms with E-state index in [1.54, 1.807) is 7.05 Å². The van der Waals surface area contributed by atoms with Crippen molar-refractivity contribution in [3.05, 3.63) is 28.8 Å². The number of likely N-dealkylation sites (tertiary alicyclic amines) is 1. The molecule has 0 amide bonds. The van der Waals surface area contributed by atoms with Gasteiger partial charge in [-0.25, -0.2) is 0 Å². The van der Waals surface area contributed by atoms with Gasteiger partial charge in [-0.15, -0.1) is 0 Å². The molecule has 0 aromatic heterocycles. The number of likely N-dealkylation sites (N-methyl/N-ethyl adjacent to an activating group) is 1. The van der Waals surface area contributed by atoms with Crippen molar-refractivity contribution in [3.63, 3.8) is 0 Å². The van der Waals surface area contributed by atoms with E-state index in [0.717, 1.165) is 22.6 Å². The Morgan fingerprint density at radius 1 is 1.48 bits per heavy atom. The molecule has 0 radical (unpaired) electrons. The van der Waals surface area contributed by atoms with Gasteiger partial charge in [0.2, 0.25) is 0 Å². The topological polar surface area (TPSA) is 44.7 Å². The van der Waals surface area contributed by atoms with E-state index in [0.29, 0.717) is 13.2 Å². The third kappa shape index (κ3) is 7.77. The van der Waals surface area contributed by atoms with E-state index in [2.05, 4.69) is 22.5 Å². The Bertz CT molecular complexity index is 447. The maximum absolute atomic E-state index is 8.00. The van der Waals surface area contributed by atoms with E-state index < -0.39 is 0 Å². The van der Waals surface area contributed by atoms with Crippen molar-refractivity contribution in [3.8, 4) is 5.75 Å². The Morgan fingerprint density at radius 2 is 2.26 bits per heavy atom. The van der Waals surface area contributed by atoms with Crippen molar-refractivity contribution in [2.75, 3.05) is 46.2 Å². The summed E-state index contributed by atoms with van der Waals surface area (Å²) in [5.74, 6) is 0.784. The van der Waals surface area contributed by atoms with Crippen LogP contribution in [0.15, 0.2) is 18.2 Å². The number of nitrogens with one attached hydrogen (secondary N) is 1. The van der Waals surface area contributed by atoms with Crippen LogP contribution in [0.1, 0.15) is 18.9 Å². The third-order valence-corrected chi connectivity index (χ3v) is 4.97. The van der Waals surface area contributed by atoms with Crippen LogP contribution < -0.4 is 10.1 Å². The van der Waals surface area contributed by atoms with Crippen LogP contribution in [-0.2, 0) is 6.54 Å². The van der Waals surface area contributed by atoms with Gasteiger partial charge >= 0.3 is 0 Å². The lowest BCUT2D eigenvalue weighted by molar-refractivity contribution is 0.296. The minimum Gasteiger partial charge on any atom is -0.492 e. The van der Waals surface area contributed by atoms with Crippen LogP contribution in [0.4, 0.5) is 0 Å². The van der Waals surface area contributed by atoms with Gasteiger partial charge in [0, 0.05) is 24.9 Å². The van der Waals surface area contributed by atoms with Gasteiger partial charge < -0.3 is 15.2 Å². The largest absolute Gasteiger partial charge is 0.492 e. The summed E-state index contributed by atoms with van der Waals surface area (Å²) in [6, 6.07) is 6.12. The van der Waals surface area contributed by atoms with Crippen LogP contribution in [0, 0.1) is 0 Å². The molecule has 2 N–H and O–H groups in total. The number of ether oxygens (including phenoxy) is 1. The molecule has 1 fully saturated rings. The standard InChI is InChI=1S/C14H20ClNOS.C3H9NO/c1-3-17-14-5-4-11(8-13(14)15)9-16-7-6-12(10-16)18-2;1-4-2-3-5/h4-5,8,12H,3,6-7,9-10H2,1-2H3;4-5H,2-3H2,1H3. The van der Waals surface area contributed by atoms with Gasteiger partial charge in [-0.2, -0.15) is 11.8 Å². The summed E-state index contributed by atoms with van der Waals surface area (Å²) in [6.07, 6.45) is 3.49. The fourth-order valence-corrected chi connectivity index (χ4v) is 3.38. The number of aliphatic hydroxyl groups excluding tert-OH is 1. The Hall–Kier alpha value is -0.460. The molecule has 0 saturated carbocycles. The molecule has 23 heavy (non-hydrogen) atoms. The number of rotatable bonds is 7. The average Bonchev–Trinajstić information content (AvgIpc) is 2.99. The Kier molecular flexibility index (Phi) is 10.7. The molecule has 1 saturated heterocycles. The molecule has 1 atom stereocenters. The second kappa shape index (κ2) is 12.0. The number of nitrogens with zero attached hydrogens (tertiary/aromatic N) is 1. The highest BCUT2D eigenvalue weighted by Crippen LogP contribution is 2.27. The third-order valence-electron chi connectivity index (χ3n) is 3.63. The van der Waals surface area contributed by atoms with E-state index in [1.165, 1.54) is 25.1 Å². The quantitative estimate of drug-likeness (QED) is 0.782. The van der Waals surface area contributed by atoms with Gasteiger partial charge in [0.1, 0.15) is 5.75 Å². The van der Waals surface area contributed by atoms with Gasteiger partial charge in [-0.05, 0) is 50.9 Å². The Balaban J connectivity index is 0.000000463. The lowest BCUT2D eigenvalue weighted by Crippen LogP contribution is -2.20. The van der Waals surface area contributed by atoms with Crippen LogP contribution in [0.25, 0.3) is 0 Å². The monoisotopic (exact) mass is 360 g/mol. The first-order valence-electron chi connectivity index (χ1n) is 8.06. The highest BCUT2D eigenvalue weighted by atomic mass is 35.5. The Labute approximate surface area is 149 Å². The van der Waals surface area contributed by atoms with Gasteiger partial charge in [-0.3, -0.25) is 4.90 Å². The predicted octanol–water partition coefficient (Wildman–Crippen LogP) is 2.87. The molecule has 1 heterocycles. The first-order valence-corrected chi connectivity index (χ1v) is 9.73. The summed E-state index contributed by atoms with van der Waals surface area (Å²) in [5.41, 5.74) is 1.27. The maximum atomic E-state index is 8.00. The van der Waals surface area contributed by atoms with Gasteiger partial charge in [0.25, 0.3) is 0 Å². The zero-order chi connectivity index (χ0) is 17.1. The fraction of sp³-hybridized carbons (Fsp3) is 0.647. The van der Waals surface area contributed by atoms with Crippen molar-refractivity contribution in [2.24, 2.45) is 0 Å². The van der Waals surface area contributed by atoms with Gasteiger partial charge in [0.15, 0.2) is 0 Å². The van der Waals surface area contributed by atoms with Crippen LogP contribution in [-0.4, -0.2) is 61.4 Å². The van der Waals surface area contributed by atoms with Crippen molar-refractivity contribution in [1.29, 1.82) is 0 Å². The highest BCUT2D eigenvalue weighted by molar-refractivity contribution is 7.99. The molecule has 6 heteroatoms. The maximum Gasteiger partial charge on any atom is 0.137 e. The van der Waals surface area contributed by atoms with E-state index in [4.69, 9.17) is 21.4 Å². The highest BCUT2D eigenvalue weighted by Gasteiger charge is 2.21. The molecule has 2 rings (SSSR count).